The third-order valence-electron chi connectivity index (χ3n) is 2.94. The molecule has 3 N–H and O–H groups in total. The molecule has 8 heteroatoms. The van der Waals surface area contributed by atoms with E-state index in [4.69, 9.17) is 33.7 Å². The van der Waals surface area contributed by atoms with Gasteiger partial charge in [0.25, 0.3) is 5.91 Å². The van der Waals surface area contributed by atoms with Gasteiger partial charge in [-0.3, -0.25) is 9.59 Å². The maximum Gasteiger partial charge on any atom is 0.340 e. The number of nitrogens with two attached hydrogens (primary N) is 1. The molecule has 0 radical (unpaired) electrons. The first kappa shape index (κ1) is 17.8. The van der Waals surface area contributed by atoms with Crippen LogP contribution in [0, 0.1) is 0 Å². The summed E-state index contributed by atoms with van der Waals surface area (Å²) < 4.78 is 4.89. The molecule has 0 bridgehead atoms. The van der Waals surface area contributed by atoms with Crippen LogP contribution >= 0.6 is 23.2 Å². The SMILES string of the molecule is NC(=O)c1ccc(NC(=O)COC(=O)c2cc(Cl)ccc2Cl)cc1. The molecule has 0 saturated carbocycles. The van der Waals surface area contributed by atoms with E-state index in [0.29, 0.717) is 16.3 Å². The summed E-state index contributed by atoms with van der Waals surface area (Å²) in [6.45, 7) is -0.501. The Morgan fingerprint density at radius 2 is 1.71 bits per heavy atom. The van der Waals surface area contributed by atoms with Gasteiger partial charge in [-0.15, -0.1) is 0 Å². The lowest BCUT2D eigenvalue weighted by Crippen LogP contribution is -2.21. The second-order valence-electron chi connectivity index (χ2n) is 4.69. The van der Waals surface area contributed by atoms with Gasteiger partial charge in [-0.1, -0.05) is 23.2 Å². The molecule has 0 aromatic heterocycles. The molecule has 24 heavy (non-hydrogen) atoms. The quantitative estimate of drug-likeness (QED) is 0.794. The number of esters is 1. The van der Waals surface area contributed by atoms with Crippen molar-refractivity contribution >= 4 is 46.7 Å². The molecular formula is C16H12Cl2N2O4. The van der Waals surface area contributed by atoms with E-state index in [1.807, 2.05) is 0 Å². The summed E-state index contributed by atoms with van der Waals surface area (Å²) in [7, 11) is 0. The molecule has 0 aliphatic heterocycles. The van der Waals surface area contributed by atoms with Crippen LogP contribution < -0.4 is 11.1 Å². The Morgan fingerprint density at radius 1 is 1.04 bits per heavy atom. The molecule has 2 rings (SSSR count). The van der Waals surface area contributed by atoms with E-state index in [1.54, 1.807) is 0 Å². The topological polar surface area (TPSA) is 98.5 Å². The summed E-state index contributed by atoms with van der Waals surface area (Å²) in [6, 6.07) is 10.3. The van der Waals surface area contributed by atoms with Crippen molar-refractivity contribution in [2.75, 3.05) is 11.9 Å². The minimum Gasteiger partial charge on any atom is -0.452 e. The van der Waals surface area contributed by atoms with Crippen molar-refractivity contribution in [2.24, 2.45) is 5.73 Å². The zero-order valence-corrected chi connectivity index (χ0v) is 13.7. The Morgan fingerprint density at radius 3 is 2.33 bits per heavy atom. The average Bonchev–Trinajstić information content (AvgIpc) is 2.55. The molecule has 0 atom stereocenters. The maximum absolute atomic E-state index is 11.9. The normalized spacial score (nSPS) is 10.1. The van der Waals surface area contributed by atoms with Crippen LogP contribution in [-0.2, 0) is 9.53 Å². The lowest BCUT2D eigenvalue weighted by Gasteiger charge is -2.08. The van der Waals surface area contributed by atoms with Crippen LogP contribution in [-0.4, -0.2) is 24.4 Å². The van der Waals surface area contributed by atoms with Gasteiger partial charge in [0, 0.05) is 16.3 Å². The Balaban J connectivity index is 1.92. The zero-order valence-electron chi connectivity index (χ0n) is 12.2. The molecule has 2 aromatic rings. The smallest absolute Gasteiger partial charge is 0.340 e. The predicted molar refractivity (Wildman–Crippen MR) is 90.3 cm³/mol. The first-order valence-corrected chi connectivity index (χ1v) is 7.44. The molecule has 0 unspecified atom stereocenters. The highest BCUT2D eigenvalue weighted by molar-refractivity contribution is 6.35. The number of hydrogen-bond acceptors (Lipinski definition) is 4. The Bertz CT molecular complexity index is 791. The largest absolute Gasteiger partial charge is 0.452 e. The van der Waals surface area contributed by atoms with E-state index >= 15 is 0 Å². The lowest BCUT2D eigenvalue weighted by atomic mass is 10.2. The second kappa shape index (κ2) is 7.81. The number of nitrogens with one attached hydrogen (secondary N) is 1. The molecule has 0 aliphatic carbocycles. The van der Waals surface area contributed by atoms with Crippen molar-refractivity contribution in [2.45, 2.75) is 0 Å². The molecule has 0 heterocycles. The minimum absolute atomic E-state index is 0.0720. The first-order valence-electron chi connectivity index (χ1n) is 6.68. The number of ether oxygens (including phenoxy) is 1. The highest BCUT2D eigenvalue weighted by Crippen LogP contribution is 2.21. The van der Waals surface area contributed by atoms with Gasteiger partial charge in [0.1, 0.15) is 0 Å². The summed E-state index contributed by atoms with van der Waals surface area (Å²) in [6.07, 6.45) is 0. The summed E-state index contributed by atoms with van der Waals surface area (Å²) in [5.41, 5.74) is 5.94. The molecule has 124 valence electrons. The van der Waals surface area contributed by atoms with Crippen molar-refractivity contribution in [3.8, 4) is 0 Å². The monoisotopic (exact) mass is 366 g/mol. The Kier molecular flexibility index (Phi) is 5.78. The fraction of sp³-hybridized carbons (Fsp3) is 0.0625. The highest BCUT2D eigenvalue weighted by Gasteiger charge is 2.14. The molecule has 6 nitrogen and oxygen atoms in total. The second-order valence-corrected chi connectivity index (χ2v) is 5.53. The van der Waals surface area contributed by atoms with E-state index in [1.165, 1.54) is 42.5 Å². The van der Waals surface area contributed by atoms with Crippen LogP contribution in [0.4, 0.5) is 5.69 Å². The summed E-state index contributed by atoms with van der Waals surface area (Å²) >= 11 is 11.7. The Hall–Kier alpha value is -2.57. The standard InChI is InChI=1S/C16H12Cl2N2O4/c17-10-3-6-13(18)12(7-10)16(23)24-8-14(21)20-11-4-1-9(2-5-11)15(19)22/h1-7H,8H2,(H2,19,22)(H,20,21). The van der Waals surface area contributed by atoms with Crippen LogP contribution in [0.5, 0.6) is 0 Å². The van der Waals surface area contributed by atoms with Crippen LogP contribution in [0.25, 0.3) is 0 Å². The van der Waals surface area contributed by atoms with Crippen molar-refractivity contribution in [3.05, 3.63) is 63.6 Å². The summed E-state index contributed by atoms with van der Waals surface area (Å²) in [4.78, 5) is 34.6. The van der Waals surface area contributed by atoms with Gasteiger partial charge in [0.2, 0.25) is 5.91 Å². The average molecular weight is 367 g/mol. The van der Waals surface area contributed by atoms with E-state index < -0.39 is 24.4 Å². The van der Waals surface area contributed by atoms with Crippen LogP contribution in [0.2, 0.25) is 10.0 Å². The van der Waals surface area contributed by atoms with Crippen molar-refractivity contribution in [1.29, 1.82) is 0 Å². The number of benzene rings is 2. The van der Waals surface area contributed by atoms with Crippen LogP contribution in [0.15, 0.2) is 42.5 Å². The minimum atomic E-state index is -0.762. The predicted octanol–water partition coefficient (Wildman–Crippen LogP) is 2.89. The number of halogens is 2. The summed E-state index contributed by atoms with van der Waals surface area (Å²) in [5, 5.41) is 3.01. The van der Waals surface area contributed by atoms with Gasteiger partial charge in [0.15, 0.2) is 6.61 Å². The van der Waals surface area contributed by atoms with Crippen LogP contribution in [0.3, 0.4) is 0 Å². The number of carbonyl (C=O) groups is 3. The summed E-state index contributed by atoms with van der Waals surface area (Å²) in [5.74, 6) is -1.88. The van der Waals surface area contributed by atoms with Gasteiger partial charge in [-0.05, 0) is 42.5 Å². The van der Waals surface area contributed by atoms with Crippen molar-refractivity contribution < 1.29 is 19.1 Å². The van der Waals surface area contributed by atoms with Gasteiger partial charge in [0.05, 0.1) is 10.6 Å². The lowest BCUT2D eigenvalue weighted by molar-refractivity contribution is -0.119. The molecule has 0 saturated heterocycles. The van der Waals surface area contributed by atoms with Crippen molar-refractivity contribution in [3.63, 3.8) is 0 Å². The van der Waals surface area contributed by atoms with Gasteiger partial charge < -0.3 is 15.8 Å². The third-order valence-corrected chi connectivity index (χ3v) is 3.50. The number of anilines is 1. The van der Waals surface area contributed by atoms with E-state index in [2.05, 4.69) is 5.32 Å². The number of amides is 2. The van der Waals surface area contributed by atoms with E-state index in [-0.39, 0.29) is 10.6 Å². The molecular weight excluding hydrogens is 355 g/mol. The van der Waals surface area contributed by atoms with Crippen LogP contribution in [0.1, 0.15) is 20.7 Å². The zero-order chi connectivity index (χ0) is 17.7. The molecule has 0 fully saturated rings. The maximum atomic E-state index is 11.9. The van der Waals surface area contributed by atoms with Gasteiger partial charge >= 0.3 is 5.97 Å². The fourth-order valence-corrected chi connectivity index (χ4v) is 2.14. The molecule has 0 aliphatic rings. The van der Waals surface area contributed by atoms with E-state index in [9.17, 15) is 14.4 Å². The number of hydrogen-bond donors (Lipinski definition) is 2. The number of primary amides is 1. The van der Waals surface area contributed by atoms with E-state index in [0.717, 1.165) is 0 Å². The third kappa shape index (κ3) is 4.71. The first-order chi connectivity index (χ1) is 11.4. The van der Waals surface area contributed by atoms with Gasteiger partial charge in [-0.2, -0.15) is 0 Å². The Labute approximate surface area is 147 Å². The number of carbonyl (C=O) groups excluding carboxylic acids is 3. The fourth-order valence-electron chi connectivity index (χ4n) is 1.78. The van der Waals surface area contributed by atoms with Gasteiger partial charge in [-0.25, -0.2) is 4.79 Å². The molecule has 2 amide bonds. The molecule has 2 aromatic carbocycles. The highest BCUT2D eigenvalue weighted by atomic mass is 35.5. The number of rotatable bonds is 5. The van der Waals surface area contributed by atoms with Crippen molar-refractivity contribution in [1.82, 2.24) is 0 Å². The molecule has 0 spiro atoms.